The van der Waals surface area contributed by atoms with Crippen LogP contribution in [0.3, 0.4) is 0 Å². The van der Waals surface area contributed by atoms with Crippen LogP contribution in [0.15, 0.2) is 18.3 Å². The van der Waals surface area contributed by atoms with E-state index in [9.17, 15) is 4.39 Å². The van der Waals surface area contributed by atoms with Gasteiger partial charge in [0.15, 0.2) is 0 Å². The third-order valence-corrected chi connectivity index (χ3v) is 2.80. The zero-order chi connectivity index (χ0) is 11.8. The van der Waals surface area contributed by atoms with E-state index in [1.54, 1.807) is 6.07 Å². The number of unbranched alkanes of at least 4 members (excludes halogenated alkanes) is 3. The van der Waals surface area contributed by atoms with Crippen LogP contribution in [0.2, 0.25) is 0 Å². The molecule has 90 valence electrons. The molecule has 0 amide bonds. The maximum Gasteiger partial charge on any atom is 0.141 e. The topological polar surface area (TPSA) is 24.9 Å². The molecule has 0 saturated heterocycles. The minimum atomic E-state index is -0.274. The van der Waals surface area contributed by atoms with Crippen LogP contribution in [0, 0.1) is 5.82 Å². The van der Waals surface area contributed by atoms with Gasteiger partial charge in [0.2, 0.25) is 0 Å². The molecule has 0 bridgehead atoms. The van der Waals surface area contributed by atoms with Crippen LogP contribution in [0.25, 0.3) is 0 Å². The number of nitrogens with zero attached hydrogens (tertiary/aromatic N) is 1. The van der Waals surface area contributed by atoms with Crippen LogP contribution in [0.5, 0.6) is 0 Å². The first-order chi connectivity index (χ1) is 7.77. The average molecular weight is 224 g/mol. The summed E-state index contributed by atoms with van der Waals surface area (Å²) in [5.74, 6) is -0.274. The van der Waals surface area contributed by atoms with Gasteiger partial charge in [-0.3, -0.25) is 4.98 Å². The zero-order valence-electron chi connectivity index (χ0n) is 10.2. The molecule has 2 nitrogen and oxygen atoms in total. The normalized spacial score (nSPS) is 12.7. The summed E-state index contributed by atoms with van der Waals surface area (Å²) in [7, 11) is 1.93. The molecule has 0 aliphatic heterocycles. The summed E-state index contributed by atoms with van der Waals surface area (Å²) in [5.41, 5.74) is 0.931. The Morgan fingerprint density at radius 1 is 1.31 bits per heavy atom. The Hall–Kier alpha value is -0.960. The Balaban J connectivity index is 2.44. The van der Waals surface area contributed by atoms with Gasteiger partial charge in [-0.15, -0.1) is 0 Å². The second-order valence-electron chi connectivity index (χ2n) is 4.09. The van der Waals surface area contributed by atoms with Crippen molar-refractivity contribution in [2.24, 2.45) is 0 Å². The number of pyridine rings is 1. The first kappa shape index (κ1) is 13.1. The van der Waals surface area contributed by atoms with E-state index >= 15 is 0 Å². The summed E-state index contributed by atoms with van der Waals surface area (Å²) in [6, 6.07) is 3.48. The molecule has 0 spiro atoms. The molecule has 1 N–H and O–H groups in total. The van der Waals surface area contributed by atoms with Gasteiger partial charge >= 0.3 is 0 Å². The summed E-state index contributed by atoms with van der Waals surface area (Å²) < 4.78 is 12.7. The van der Waals surface area contributed by atoms with E-state index in [2.05, 4.69) is 17.2 Å². The van der Waals surface area contributed by atoms with E-state index in [1.807, 2.05) is 7.05 Å². The van der Waals surface area contributed by atoms with E-state index < -0.39 is 0 Å². The van der Waals surface area contributed by atoms with Gasteiger partial charge in [-0.25, -0.2) is 4.39 Å². The predicted molar refractivity (Wildman–Crippen MR) is 64.8 cm³/mol. The SMILES string of the molecule is CCCCCCC(NC)c1ccc(F)cn1. The maximum absolute atomic E-state index is 12.7. The van der Waals surface area contributed by atoms with Crippen molar-refractivity contribution in [2.75, 3.05) is 7.05 Å². The van der Waals surface area contributed by atoms with Crippen molar-refractivity contribution < 1.29 is 4.39 Å². The number of nitrogens with one attached hydrogen (secondary N) is 1. The Kier molecular flexibility index (Phi) is 6.01. The molecule has 0 aliphatic rings. The number of hydrogen-bond donors (Lipinski definition) is 1. The first-order valence-electron chi connectivity index (χ1n) is 6.06. The third-order valence-electron chi connectivity index (χ3n) is 2.80. The van der Waals surface area contributed by atoms with Crippen molar-refractivity contribution in [3.8, 4) is 0 Å². The van der Waals surface area contributed by atoms with E-state index in [4.69, 9.17) is 0 Å². The number of rotatable bonds is 7. The van der Waals surface area contributed by atoms with E-state index in [1.165, 1.54) is 37.9 Å². The van der Waals surface area contributed by atoms with Gasteiger partial charge in [0.25, 0.3) is 0 Å². The van der Waals surface area contributed by atoms with Crippen LogP contribution in [-0.4, -0.2) is 12.0 Å². The van der Waals surface area contributed by atoms with Gasteiger partial charge < -0.3 is 5.32 Å². The molecule has 0 saturated carbocycles. The molecule has 3 heteroatoms. The summed E-state index contributed by atoms with van der Waals surface area (Å²) in [6.45, 7) is 2.21. The lowest BCUT2D eigenvalue weighted by Gasteiger charge is -2.15. The van der Waals surface area contributed by atoms with Crippen molar-refractivity contribution in [1.82, 2.24) is 10.3 Å². The van der Waals surface area contributed by atoms with Crippen LogP contribution in [0.1, 0.15) is 50.8 Å². The molecule has 0 aromatic carbocycles. The van der Waals surface area contributed by atoms with Crippen molar-refractivity contribution in [3.63, 3.8) is 0 Å². The fourth-order valence-corrected chi connectivity index (χ4v) is 1.81. The Morgan fingerprint density at radius 2 is 2.12 bits per heavy atom. The van der Waals surface area contributed by atoms with E-state index in [-0.39, 0.29) is 11.9 Å². The Morgan fingerprint density at radius 3 is 2.69 bits per heavy atom. The summed E-state index contributed by atoms with van der Waals surface area (Å²) in [6.07, 6.45) is 7.33. The lowest BCUT2D eigenvalue weighted by Crippen LogP contribution is -2.17. The maximum atomic E-state index is 12.7. The quantitative estimate of drug-likeness (QED) is 0.717. The van der Waals surface area contributed by atoms with Crippen LogP contribution in [0.4, 0.5) is 4.39 Å². The summed E-state index contributed by atoms with van der Waals surface area (Å²) >= 11 is 0. The molecule has 1 atom stereocenters. The Bertz CT molecular complexity index is 284. The highest BCUT2D eigenvalue weighted by molar-refractivity contribution is 5.09. The van der Waals surface area contributed by atoms with Crippen molar-refractivity contribution >= 4 is 0 Å². The largest absolute Gasteiger partial charge is 0.312 e. The lowest BCUT2D eigenvalue weighted by atomic mass is 10.0. The molecule has 16 heavy (non-hydrogen) atoms. The van der Waals surface area contributed by atoms with E-state index in [0.717, 1.165) is 12.1 Å². The molecule has 0 aliphatic carbocycles. The molecular weight excluding hydrogens is 203 g/mol. The smallest absolute Gasteiger partial charge is 0.141 e. The molecule has 1 unspecified atom stereocenters. The average Bonchev–Trinajstić information content (AvgIpc) is 2.31. The molecule has 1 aromatic heterocycles. The molecule has 0 fully saturated rings. The Labute approximate surface area is 97.3 Å². The van der Waals surface area contributed by atoms with Crippen molar-refractivity contribution in [1.29, 1.82) is 0 Å². The number of hydrogen-bond acceptors (Lipinski definition) is 2. The fraction of sp³-hybridized carbons (Fsp3) is 0.615. The zero-order valence-corrected chi connectivity index (χ0v) is 10.2. The van der Waals surface area contributed by atoms with Gasteiger partial charge in [-0.1, -0.05) is 32.6 Å². The predicted octanol–water partition coefficient (Wildman–Crippen LogP) is 3.45. The van der Waals surface area contributed by atoms with Gasteiger partial charge in [0, 0.05) is 6.04 Å². The highest BCUT2D eigenvalue weighted by atomic mass is 19.1. The van der Waals surface area contributed by atoms with Gasteiger partial charge in [-0.05, 0) is 25.6 Å². The molecule has 1 aromatic rings. The standard InChI is InChI=1S/C13H21FN2/c1-3-4-5-6-7-12(15-2)13-9-8-11(14)10-16-13/h8-10,12,15H,3-7H2,1-2H3. The van der Waals surface area contributed by atoms with Crippen molar-refractivity contribution in [3.05, 3.63) is 29.8 Å². The van der Waals surface area contributed by atoms with Crippen LogP contribution >= 0.6 is 0 Å². The molecule has 1 heterocycles. The van der Waals surface area contributed by atoms with Crippen LogP contribution < -0.4 is 5.32 Å². The van der Waals surface area contributed by atoms with Crippen molar-refractivity contribution in [2.45, 2.75) is 45.1 Å². The highest BCUT2D eigenvalue weighted by Crippen LogP contribution is 2.17. The van der Waals surface area contributed by atoms with Gasteiger partial charge in [0.1, 0.15) is 5.82 Å². The first-order valence-corrected chi connectivity index (χ1v) is 6.06. The van der Waals surface area contributed by atoms with Gasteiger partial charge in [-0.2, -0.15) is 0 Å². The lowest BCUT2D eigenvalue weighted by molar-refractivity contribution is 0.493. The molecular formula is C13H21FN2. The summed E-state index contributed by atoms with van der Waals surface area (Å²) in [5, 5.41) is 3.23. The van der Waals surface area contributed by atoms with Gasteiger partial charge in [0.05, 0.1) is 11.9 Å². The van der Waals surface area contributed by atoms with E-state index in [0.29, 0.717) is 0 Å². The third kappa shape index (κ3) is 4.27. The second kappa shape index (κ2) is 7.34. The monoisotopic (exact) mass is 224 g/mol. The fourth-order valence-electron chi connectivity index (χ4n) is 1.81. The number of aromatic nitrogens is 1. The molecule has 1 rings (SSSR count). The highest BCUT2D eigenvalue weighted by Gasteiger charge is 2.09. The summed E-state index contributed by atoms with van der Waals surface area (Å²) in [4.78, 5) is 4.11. The molecule has 0 radical (unpaired) electrons. The minimum Gasteiger partial charge on any atom is -0.312 e. The minimum absolute atomic E-state index is 0.248. The second-order valence-corrected chi connectivity index (χ2v) is 4.09. The number of halogens is 1. The van der Waals surface area contributed by atoms with Crippen LogP contribution in [-0.2, 0) is 0 Å².